The number of aromatic nitrogens is 4. The number of anilines is 1. The van der Waals surface area contributed by atoms with Crippen molar-refractivity contribution in [2.24, 2.45) is 0 Å². The lowest BCUT2D eigenvalue weighted by atomic mass is 9.90. The summed E-state index contributed by atoms with van der Waals surface area (Å²) >= 11 is 1.50. The van der Waals surface area contributed by atoms with Gasteiger partial charge in [0.25, 0.3) is 5.91 Å². The third-order valence-electron chi connectivity index (χ3n) is 4.14. The zero-order valence-corrected chi connectivity index (χ0v) is 13.8. The Morgan fingerprint density at radius 3 is 2.82 bits per heavy atom. The van der Waals surface area contributed by atoms with Gasteiger partial charge < -0.3 is 0 Å². The second kappa shape index (κ2) is 6.56. The first-order chi connectivity index (χ1) is 10.6. The molecule has 6 nitrogen and oxygen atoms in total. The van der Waals surface area contributed by atoms with Crippen LogP contribution in [0.5, 0.6) is 0 Å². The number of hydrogen-bond acceptors (Lipinski definition) is 5. The van der Waals surface area contributed by atoms with Crippen molar-refractivity contribution in [2.75, 3.05) is 5.32 Å². The smallest absolute Gasteiger partial charge is 0.250 e. The molecule has 0 radical (unpaired) electrons. The first-order valence-corrected chi connectivity index (χ1v) is 8.61. The van der Waals surface area contributed by atoms with Crippen molar-refractivity contribution in [2.45, 2.75) is 57.9 Å². The highest BCUT2D eigenvalue weighted by Gasteiger charge is 2.21. The highest BCUT2D eigenvalue weighted by Crippen LogP contribution is 2.35. The topological polar surface area (TPSA) is 72.7 Å². The molecule has 2 heterocycles. The molecule has 7 heteroatoms. The lowest BCUT2D eigenvalue weighted by Gasteiger charge is -2.18. The minimum Gasteiger partial charge on any atom is -0.299 e. The number of rotatable bonds is 4. The molecule has 2 aromatic heterocycles. The number of aryl methyl sites for hydroxylation is 1. The molecule has 1 aliphatic carbocycles. The van der Waals surface area contributed by atoms with E-state index in [1.165, 1.54) is 43.4 Å². The highest BCUT2D eigenvalue weighted by molar-refractivity contribution is 7.15. The van der Waals surface area contributed by atoms with Crippen molar-refractivity contribution in [3.05, 3.63) is 23.0 Å². The van der Waals surface area contributed by atoms with Crippen molar-refractivity contribution in [1.29, 1.82) is 0 Å². The standard InChI is InChI=1S/C15H21N5OS/c1-10-8-9-20(19-10)11(2)13(21)16-15-18-17-14(22-15)12-6-4-3-5-7-12/h8-9,11-12H,3-7H2,1-2H3,(H,16,18,21). The van der Waals surface area contributed by atoms with E-state index < -0.39 is 0 Å². The summed E-state index contributed by atoms with van der Waals surface area (Å²) in [6, 6.07) is 1.52. The Bertz CT molecular complexity index is 644. The third kappa shape index (κ3) is 3.35. The average Bonchev–Trinajstić information content (AvgIpc) is 3.16. The number of carbonyl (C=O) groups is 1. The average molecular weight is 319 g/mol. The molecular weight excluding hydrogens is 298 g/mol. The molecule has 1 atom stereocenters. The van der Waals surface area contributed by atoms with Crippen molar-refractivity contribution >= 4 is 22.4 Å². The molecule has 2 aromatic rings. The van der Waals surface area contributed by atoms with Gasteiger partial charge in [-0.1, -0.05) is 30.6 Å². The van der Waals surface area contributed by atoms with E-state index in [2.05, 4.69) is 20.6 Å². The van der Waals surface area contributed by atoms with Gasteiger partial charge in [-0.2, -0.15) is 5.10 Å². The predicted octanol–water partition coefficient (Wildman–Crippen LogP) is 3.29. The summed E-state index contributed by atoms with van der Waals surface area (Å²) < 4.78 is 1.66. The van der Waals surface area contributed by atoms with Crippen LogP contribution in [0.15, 0.2) is 12.3 Å². The van der Waals surface area contributed by atoms with Crippen LogP contribution in [-0.4, -0.2) is 25.9 Å². The fourth-order valence-corrected chi connectivity index (χ4v) is 3.69. The molecule has 1 saturated carbocycles. The lowest BCUT2D eigenvalue weighted by Crippen LogP contribution is -2.24. The van der Waals surface area contributed by atoms with Gasteiger partial charge in [-0.15, -0.1) is 10.2 Å². The Kier molecular flexibility index (Phi) is 4.52. The summed E-state index contributed by atoms with van der Waals surface area (Å²) in [7, 11) is 0. The van der Waals surface area contributed by atoms with Crippen LogP contribution < -0.4 is 5.32 Å². The quantitative estimate of drug-likeness (QED) is 0.938. The van der Waals surface area contributed by atoms with Crippen LogP contribution in [0.2, 0.25) is 0 Å². The van der Waals surface area contributed by atoms with Gasteiger partial charge >= 0.3 is 0 Å². The van der Waals surface area contributed by atoms with Gasteiger partial charge in [-0.05, 0) is 32.8 Å². The summed E-state index contributed by atoms with van der Waals surface area (Å²) in [5.41, 5.74) is 0.898. The first-order valence-electron chi connectivity index (χ1n) is 7.79. The second-order valence-corrected chi connectivity index (χ2v) is 6.89. The van der Waals surface area contributed by atoms with E-state index in [0.717, 1.165) is 10.7 Å². The van der Waals surface area contributed by atoms with Crippen LogP contribution in [0.3, 0.4) is 0 Å². The molecule has 0 aliphatic heterocycles. The van der Waals surface area contributed by atoms with E-state index in [1.54, 1.807) is 4.68 Å². The minimum absolute atomic E-state index is 0.116. The number of amides is 1. The molecule has 1 fully saturated rings. The van der Waals surface area contributed by atoms with Crippen LogP contribution >= 0.6 is 11.3 Å². The van der Waals surface area contributed by atoms with Gasteiger partial charge in [0.1, 0.15) is 11.0 Å². The molecule has 0 aromatic carbocycles. The number of nitrogens with zero attached hydrogens (tertiary/aromatic N) is 4. The third-order valence-corrected chi connectivity index (χ3v) is 5.14. The lowest BCUT2D eigenvalue weighted by molar-refractivity contribution is -0.119. The van der Waals surface area contributed by atoms with Crippen LogP contribution in [-0.2, 0) is 4.79 Å². The van der Waals surface area contributed by atoms with Gasteiger partial charge in [0, 0.05) is 12.1 Å². The van der Waals surface area contributed by atoms with Crippen molar-refractivity contribution < 1.29 is 4.79 Å². The SMILES string of the molecule is Cc1ccn(C(C)C(=O)Nc2nnc(C3CCCCC3)s2)n1. The molecule has 3 rings (SSSR count). The van der Waals surface area contributed by atoms with Gasteiger partial charge in [-0.3, -0.25) is 14.8 Å². The summed E-state index contributed by atoms with van der Waals surface area (Å²) in [6.45, 7) is 3.73. The molecule has 1 amide bonds. The Morgan fingerprint density at radius 2 is 2.14 bits per heavy atom. The van der Waals surface area contributed by atoms with E-state index in [-0.39, 0.29) is 11.9 Å². The second-order valence-electron chi connectivity index (χ2n) is 5.88. The van der Waals surface area contributed by atoms with Gasteiger partial charge in [0.2, 0.25) is 5.13 Å². The molecule has 1 aliphatic rings. The molecular formula is C15H21N5OS. The zero-order chi connectivity index (χ0) is 15.5. The van der Waals surface area contributed by atoms with Crippen LogP contribution in [0.1, 0.15) is 61.7 Å². The predicted molar refractivity (Wildman–Crippen MR) is 86.0 cm³/mol. The largest absolute Gasteiger partial charge is 0.299 e. The monoisotopic (exact) mass is 319 g/mol. The van der Waals surface area contributed by atoms with Crippen molar-refractivity contribution in [3.63, 3.8) is 0 Å². The molecule has 0 bridgehead atoms. The van der Waals surface area contributed by atoms with E-state index in [0.29, 0.717) is 11.0 Å². The maximum absolute atomic E-state index is 12.3. The summed E-state index contributed by atoms with van der Waals surface area (Å²) in [5, 5.41) is 17.1. The number of carbonyl (C=O) groups excluding carboxylic acids is 1. The maximum atomic E-state index is 12.3. The van der Waals surface area contributed by atoms with E-state index >= 15 is 0 Å². The summed E-state index contributed by atoms with van der Waals surface area (Å²) in [6.07, 6.45) is 8.03. The van der Waals surface area contributed by atoms with E-state index in [4.69, 9.17) is 0 Å². The summed E-state index contributed by atoms with van der Waals surface area (Å²) in [5.74, 6) is 0.400. The van der Waals surface area contributed by atoms with Crippen molar-refractivity contribution in [3.8, 4) is 0 Å². The molecule has 22 heavy (non-hydrogen) atoms. The zero-order valence-electron chi connectivity index (χ0n) is 13.0. The fourth-order valence-electron chi connectivity index (χ4n) is 2.78. The Morgan fingerprint density at radius 1 is 1.36 bits per heavy atom. The van der Waals surface area contributed by atoms with Crippen molar-refractivity contribution in [1.82, 2.24) is 20.0 Å². The first kappa shape index (κ1) is 15.1. The minimum atomic E-state index is -0.365. The maximum Gasteiger partial charge on any atom is 0.250 e. The van der Waals surface area contributed by atoms with Gasteiger partial charge in [0.15, 0.2) is 0 Å². The number of nitrogens with one attached hydrogen (secondary N) is 1. The normalized spacial score (nSPS) is 17.4. The van der Waals surface area contributed by atoms with Gasteiger partial charge in [0.05, 0.1) is 5.69 Å². The molecule has 118 valence electrons. The number of hydrogen-bond donors (Lipinski definition) is 1. The highest BCUT2D eigenvalue weighted by atomic mass is 32.1. The molecule has 1 unspecified atom stereocenters. The Balaban J connectivity index is 1.63. The summed E-state index contributed by atoms with van der Waals surface area (Å²) in [4.78, 5) is 12.3. The fraction of sp³-hybridized carbons (Fsp3) is 0.600. The van der Waals surface area contributed by atoms with Crippen LogP contribution in [0.4, 0.5) is 5.13 Å². The molecule has 0 spiro atoms. The Hall–Kier alpha value is -1.76. The van der Waals surface area contributed by atoms with Crippen LogP contribution in [0, 0.1) is 6.92 Å². The molecule has 0 saturated heterocycles. The van der Waals surface area contributed by atoms with E-state index in [9.17, 15) is 4.79 Å². The molecule has 1 N–H and O–H groups in total. The van der Waals surface area contributed by atoms with Crippen LogP contribution in [0.25, 0.3) is 0 Å². The Labute approximate surface area is 133 Å². The van der Waals surface area contributed by atoms with E-state index in [1.807, 2.05) is 26.1 Å². The van der Waals surface area contributed by atoms with Gasteiger partial charge in [-0.25, -0.2) is 0 Å².